The Hall–Kier alpha value is -1.16. The van der Waals surface area contributed by atoms with E-state index in [0.717, 1.165) is 0 Å². The largest absolute Gasteiger partial charge is 2.00 e. The van der Waals surface area contributed by atoms with E-state index in [1.807, 2.05) is 20.2 Å². The van der Waals surface area contributed by atoms with Crippen LogP contribution in [0.15, 0.2) is 24.3 Å². The van der Waals surface area contributed by atoms with E-state index in [2.05, 4.69) is 5.10 Å². The number of para-hydroxylation sites is 2. The minimum Gasteiger partial charge on any atom is -0.742 e. The Labute approximate surface area is 117 Å². The van der Waals surface area contributed by atoms with E-state index in [1.54, 1.807) is 12.1 Å². The zero-order valence-corrected chi connectivity index (χ0v) is 12.9. The fourth-order valence-corrected chi connectivity index (χ4v) is 0.987. The van der Waals surface area contributed by atoms with Crippen LogP contribution in [0.3, 0.4) is 0 Å². The molecule has 0 aliphatic rings. The number of nitrogens with zero attached hydrogens (tertiary/aromatic N) is 3. The van der Waals surface area contributed by atoms with E-state index in [0.29, 0.717) is 9.58 Å². The van der Waals surface area contributed by atoms with Crippen LogP contribution in [0.25, 0.3) is 11.0 Å². The molecule has 17 heavy (non-hydrogen) atoms. The van der Waals surface area contributed by atoms with Crippen molar-refractivity contribution in [2.75, 3.05) is 0 Å². The van der Waals surface area contributed by atoms with Crippen molar-refractivity contribution in [3.63, 3.8) is 0 Å². The maximum atomic E-state index is 11.0. The molecule has 0 atom stereocenters. The molecule has 0 amide bonds. The molecule has 0 aliphatic carbocycles. The molecule has 7 heteroatoms. The molecule has 2 rings (SSSR count). The molecule has 0 fully saturated rings. The molecule has 0 saturated carbocycles. The summed E-state index contributed by atoms with van der Waals surface area (Å²) in [6.45, 7) is 4.00. The monoisotopic (exact) mass is 402 g/mol. The molecule has 3 radical (unpaired) electrons. The molecule has 1 heterocycles. The maximum Gasteiger partial charge on any atom is 2.00 e. The van der Waals surface area contributed by atoms with Gasteiger partial charge in [0.2, 0.25) is 5.52 Å². The molecule has 0 unspecified atom stereocenters. The van der Waals surface area contributed by atoms with Crippen LogP contribution in [-0.2, 0) is 21.1 Å². The van der Waals surface area contributed by atoms with E-state index in [4.69, 9.17) is 0 Å². The van der Waals surface area contributed by atoms with E-state index >= 15 is 0 Å². The van der Waals surface area contributed by atoms with Gasteiger partial charge in [-0.05, 0) is 0 Å². The zero-order valence-electron chi connectivity index (χ0n) is 9.95. The maximum absolute atomic E-state index is 11.0. The molecular weight excluding hydrogens is 389 g/mol. The minimum atomic E-state index is 0. The number of hydrogen-bond acceptors (Lipinski definition) is 3. The summed E-state index contributed by atoms with van der Waals surface area (Å²) in [5, 5.41) is 25.1. The Morgan fingerprint density at radius 1 is 1.12 bits per heavy atom. The van der Waals surface area contributed by atoms with Crippen LogP contribution in [0, 0.1) is 24.2 Å². The fraction of sp³-hybridized carbons (Fsp3) is 0.200. The normalized spacial score (nSPS) is 7.65. The Morgan fingerprint density at radius 2 is 1.59 bits per heavy atom. The van der Waals surface area contributed by atoms with Gasteiger partial charge in [-0.25, -0.2) is 0 Å². The Balaban J connectivity index is -0.000000373. The van der Waals surface area contributed by atoms with Crippen molar-refractivity contribution >= 4 is 19.4 Å². The van der Waals surface area contributed by atoms with Crippen molar-refractivity contribution in [3.05, 3.63) is 48.4 Å². The second-order valence-electron chi connectivity index (χ2n) is 2.26. The van der Waals surface area contributed by atoms with Gasteiger partial charge in [0.25, 0.3) is 6.33 Å². The summed E-state index contributed by atoms with van der Waals surface area (Å²) in [6.07, 6.45) is 2.00. The minimum absolute atomic E-state index is 0. The molecule has 5 nitrogen and oxygen atoms in total. The number of aromatic nitrogens is 3. The predicted octanol–water partition coefficient (Wildman–Crippen LogP) is 0.395. The summed E-state index contributed by atoms with van der Waals surface area (Å²) < 4.78 is 0.434. The third kappa shape index (κ3) is 4.69. The molecule has 0 saturated heterocycles. The van der Waals surface area contributed by atoms with E-state index < -0.39 is 0 Å². The quantitative estimate of drug-likeness (QED) is 0.278. The predicted molar refractivity (Wildman–Crippen MR) is 62.0 cm³/mol. The second-order valence-corrected chi connectivity index (χ2v) is 2.26. The van der Waals surface area contributed by atoms with Gasteiger partial charge < -0.3 is 22.6 Å². The summed E-state index contributed by atoms with van der Waals surface area (Å²) in [6, 6.07) is 6.40. The first-order valence-corrected chi connectivity index (χ1v) is 4.29. The molecule has 89 valence electrons. The van der Waals surface area contributed by atoms with Gasteiger partial charge in [0.05, 0.1) is 5.52 Å². The van der Waals surface area contributed by atoms with Crippen LogP contribution in [-0.4, -0.2) is 13.5 Å². The first kappa shape index (κ1) is 21.2. The van der Waals surface area contributed by atoms with Gasteiger partial charge in [0.15, 0.2) is 0 Å². The fourth-order valence-electron chi connectivity index (χ4n) is 0.987. The van der Waals surface area contributed by atoms with Gasteiger partial charge in [-0.2, -0.15) is 0 Å². The van der Waals surface area contributed by atoms with E-state index in [1.165, 1.54) is 12.1 Å². The Bertz CT molecular complexity index is 402. The number of rotatable bonds is 0. The van der Waals surface area contributed by atoms with E-state index in [-0.39, 0.29) is 47.9 Å². The molecule has 0 bridgehead atoms. The number of fused-ring (bicyclic) bond motifs is 1. The van der Waals surface area contributed by atoms with E-state index in [9.17, 15) is 10.4 Å². The van der Waals surface area contributed by atoms with Gasteiger partial charge >= 0.3 is 21.1 Å². The first-order valence-electron chi connectivity index (χ1n) is 4.29. The van der Waals surface area contributed by atoms with Crippen LogP contribution in [0.5, 0.6) is 0 Å². The van der Waals surface area contributed by atoms with Crippen LogP contribution < -0.4 is 9.58 Å². The van der Waals surface area contributed by atoms with Gasteiger partial charge in [-0.15, -0.1) is 0 Å². The third-order valence-corrected chi connectivity index (χ3v) is 1.53. The molecule has 0 N–H and O–H groups in total. The average molecular weight is 402 g/mol. The number of hydrogen-bond donors (Lipinski definition) is 0. The molecule has 0 aliphatic heterocycles. The Kier molecular flexibility index (Phi) is 12.5. The smallest absolute Gasteiger partial charge is 0.742 e. The van der Waals surface area contributed by atoms with Gasteiger partial charge in [-0.1, -0.05) is 32.0 Å². The summed E-state index contributed by atoms with van der Waals surface area (Å²) in [5.74, 6) is 0. The van der Waals surface area contributed by atoms with Crippen LogP contribution in [0.4, 0.5) is 0 Å². The topological polar surface area (TPSA) is 66.8 Å². The van der Waals surface area contributed by atoms with Crippen molar-refractivity contribution in [2.24, 2.45) is 0 Å². The second kappa shape index (κ2) is 10.0. The van der Waals surface area contributed by atoms with Crippen LogP contribution in [0.1, 0.15) is 13.8 Å². The zero-order chi connectivity index (χ0) is 10.6. The van der Waals surface area contributed by atoms with Crippen molar-refractivity contribution < 1.29 is 30.6 Å². The summed E-state index contributed by atoms with van der Waals surface area (Å²) in [4.78, 5) is 0.365. The molecular formula is C10H13BN3O2W. The molecule has 2 aromatic rings. The third-order valence-electron chi connectivity index (χ3n) is 1.53. The first-order chi connectivity index (χ1) is 6.79. The van der Waals surface area contributed by atoms with Crippen LogP contribution in [0.2, 0.25) is 0 Å². The summed E-state index contributed by atoms with van der Waals surface area (Å²) >= 11 is 0. The van der Waals surface area contributed by atoms with Crippen molar-refractivity contribution in [1.82, 2.24) is 5.10 Å². The Morgan fingerprint density at radius 3 is 2.06 bits per heavy atom. The molecule has 1 aromatic carbocycles. The van der Waals surface area contributed by atoms with Gasteiger partial charge in [0, 0.05) is 19.3 Å². The standard InChI is InChI=1S/C7H4N3O2.C2H6.CH3.B.W/c11-9-5-8-10(12)7-4-2-1-3-6(7)9;1-2;;;/h1-4H;1-2H3;1H3;;/q-1;;-1;;+2. The van der Waals surface area contributed by atoms with Crippen molar-refractivity contribution in [2.45, 2.75) is 13.8 Å². The molecule has 1 aromatic heterocycles. The average Bonchev–Trinajstić information content (AvgIpc) is 2.27. The van der Waals surface area contributed by atoms with Crippen molar-refractivity contribution in [1.29, 1.82) is 0 Å². The van der Waals surface area contributed by atoms with Crippen molar-refractivity contribution in [3.8, 4) is 0 Å². The van der Waals surface area contributed by atoms with Gasteiger partial charge in [0.1, 0.15) is 5.10 Å². The summed E-state index contributed by atoms with van der Waals surface area (Å²) in [7, 11) is 0. The SMILES string of the molecule is CC.[B].[CH3-].[O-][n+]1[c-]n[n+]([O-])c2ccccc21.[W+2]. The van der Waals surface area contributed by atoms with Crippen LogP contribution >= 0.6 is 0 Å². The van der Waals surface area contributed by atoms with Gasteiger partial charge in [-0.3, -0.25) is 0 Å². The number of benzene rings is 1. The summed E-state index contributed by atoms with van der Waals surface area (Å²) in [5.41, 5.74) is 0.508. The molecule has 0 spiro atoms.